The lowest BCUT2D eigenvalue weighted by molar-refractivity contribution is -0.114. The summed E-state index contributed by atoms with van der Waals surface area (Å²) >= 11 is 0. The third-order valence-corrected chi connectivity index (χ3v) is 6.26. The Balaban J connectivity index is 1.67. The number of halogens is 1. The first-order chi connectivity index (χ1) is 14.1. The van der Waals surface area contributed by atoms with Gasteiger partial charge in [-0.1, -0.05) is 24.3 Å². The molecular weight excluding hydrogens is 367 g/mol. The highest BCUT2D eigenvalue weighted by Gasteiger charge is 2.37. The van der Waals surface area contributed by atoms with Gasteiger partial charge in [-0.3, -0.25) is 4.79 Å². The number of hydrogen-bond acceptors (Lipinski definition) is 3. The number of hydrogen-bond donors (Lipinski definition) is 0. The summed E-state index contributed by atoms with van der Waals surface area (Å²) in [6.07, 6.45) is 4.85. The summed E-state index contributed by atoms with van der Waals surface area (Å²) in [6, 6.07) is 12.5. The minimum absolute atomic E-state index is 0.109. The van der Waals surface area contributed by atoms with Crippen LogP contribution in [0.3, 0.4) is 0 Å². The Morgan fingerprint density at radius 1 is 1.03 bits per heavy atom. The van der Waals surface area contributed by atoms with Gasteiger partial charge >= 0.3 is 0 Å². The van der Waals surface area contributed by atoms with E-state index in [0.29, 0.717) is 12.1 Å². The van der Waals surface area contributed by atoms with Gasteiger partial charge in [-0.2, -0.15) is 0 Å². The molecule has 2 saturated heterocycles. The standard InChI is InChI=1S/C24H27FN2O2/c1-17-6-4-8-21(25)22(17)24(29)27-15-5-7-19(16-28)23(27)18-9-11-20(12-10-18)26-13-2-3-14-26/h4,6,8-12,16,19,23H,2-3,5,7,13-15H2,1H3. The molecule has 4 rings (SSSR count). The van der Waals surface area contributed by atoms with Gasteiger partial charge < -0.3 is 14.6 Å². The van der Waals surface area contributed by atoms with Crippen molar-refractivity contribution in [1.82, 2.24) is 4.90 Å². The van der Waals surface area contributed by atoms with Crippen LogP contribution in [0.5, 0.6) is 0 Å². The molecule has 2 heterocycles. The number of likely N-dealkylation sites (tertiary alicyclic amines) is 1. The molecule has 2 aromatic rings. The maximum absolute atomic E-state index is 14.5. The van der Waals surface area contributed by atoms with Crippen LogP contribution in [0, 0.1) is 18.7 Å². The van der Waals surface area contributed by atoms with Gasteiger partial charge in [-0.25, -0.2) is 4.39 Å². The SMILES string of the molecule is Cc1cccc(F)c1C(=O)N1CCCC(C=O)C1c1ccc(N2CCCC2)cc1. The first kappa shape index (κ1) is 19.6. The zero-order valence-corrected chi connectivity index (χ0v) is 16.8. The van der Waals surface area contributed by atoms with Crippen LogP contribution in [0.1, 0.15) is 53.2 Å². The van der Waals surface area contributed by atoms with Gasteiger partial charge in [-0.15, -0.1) is 0 Å². The lowest BCUT2D eigenvalue weighted by atomic mass is 9.85. The predicted octanol–water partition coefficient (Wildman–Crippen LogP) is 4.53. The molecule has 29 heavy (non-hydrogen) atoms. The average Bonchev–Trinajstić information content (AvgIpc) is 3.28. The summed E-state index contributed by atoms with van der Waals surface area (Å²) in [7, 11) is 0. The second-order valence-corrected chi connectivity index (χ2v) is 8.10. The first-order valence-corrected chi connectivity index (χ1v) is 10.5. The van der Waals surface area contributed by atoms with Gasteiger partial charge in [0, 0.05) is 31.2 Å². The first-order valence-electron chi connectivity index (χ1n) is 10.5. The molecule has 0 aliphatic carbocycles. The zero-order valence-electron chi connectivity index (χ0n) is 16.8. The predicted molar refractivity (Wildman–Crippen MR) is 112 cm³/mol. The number of aryl methyl sites for hydroxylation is 1. The highest BCUT2D eigenvalue weighted by atomic mass is 19.1. The molecule has 2 unspecified atom stereocenters. The molecule has 2 fully saturated rings. The zero-order chi connectivity index (χ0) is 20.4. The molecule has 0 bridgehead atoms. The normalized spacial score (nSPS) is 22.0. The van der Waals surface area contributed by atoms with E-state index in [-0.39, 0.29) is 23.4 Å². The Kier molecular flexibility index (Phi) is 5.65. The van der Waals surface area contributed by atoms with E-state index in [9.17, 15) is 14.0 Å². The molecule has 152 valence electrons. The number of anilines is 1. The van der Waals surface area contributed by atoms with Crippen LogP contribution < -0.4 is 4.90 Å². The van der Waals surface area contributed by atoms with Crippen LogP contribution in [-0.2, 0) is 4.79 Å². The third kappa shape index (κ3) is 3.78. The van der Waals surface area contributed by atoms with E-state index >= 15 is 0 Å². The van der Waals surface area contributed by atoms with Crippen molar-refractivity contribution in [2.45, 2.75) is 38.6 Å². The molecule has 2 aliphatic rings. The van der Waals surface area contributed by atoms with Gasteiger partial charge in [0.05, 0.1) is 11.6 Å². The molecular formula is C24H27FN2O2. The van der Waals surface area contributed by atoms with Crippen LogP contribution in [0.25, 0.3) is 0 Å². The monoisotopic (exact) mass is 394 g/mol. The molecule has 2 aromatic carbocycles. The van der Waals surface area contributed by atoms with E-state index in [0.717, 1.165) is 37.8 Å². The summed E-state index contributed by atoms with van der Waals surface area (Å²) in [5, 5.41) is 0. The molecule has 0 saturated carbocycles. The van der Waals surface area contributed by atoms with Gasteiger partial charge in [0.25, 0.3) is 5.91 Å². The molecule has 5 heteroatoms. The molecule has 2 aliphatic heterocycles. The number of carbonyl (C=O) groups is 2. The molecule has 0 radical (unpaired) electrons. The van der Waals surface area contributed by atoms with Crippen molar-refractivity contribution in [3.63, 3.8) is 0 Å². The number of piperidine rings is 1. The van der Waals surface area contributed by atoms with Crippen LogP contribution in [0.2, 0.25) is 0 Å². The lowest BCUT2D eigenvalue weighted by Crippen LogP contribution is -2.43. The number of nitrogens with zero attached hydrogens (tertiary/aromatic N) is 2. The minimum atomic E-state index is -0.508. The quantitative estimate of drug-likeness (QED) is 0.716. The van der Waals surface area contributed by atoms with Crippen molar-refractivity contribution in [3.8, 4) is 0 Å². The van der Waals surface area contributed by atoms with Crippen molar-refractivity contribution >= 4 is 17.9 Å². The van der Waals surface area contributed by atoms with E-state index in [1.807, 2.05) is 12.1 Å². The fraction of sp³-hybridized carbons (Fsp3) is 0.417. The fourth-order valence-corrected chi connectivity index (χ4v) is 4.73. The summed E-state index contributed by atoms with van der Waals surface area (Å²) in [5.74, 6) is -1.12. The maximum Gasteiger partial charge on any atom is 0.257 e. The minimum Gasteiger partial charge on any atom is -0.372 e. The summed E-state index contributed by atoms with van der Waals surface area (Å²) < 4.78 is 14.5. The average molecular weight is 394 g/mol. The fourth-order valence-electron chi connectivity index (χ4n) is 4.73. The van der Waals surface area contributed by atoms with E-state index in [4.69, 9.17) is 0 Å². The summed E-state index contributed by atoms with van der Waals surface area (Å²) in [5.41, 5.74) is 2.84. The highest BCUT2D eigenvalue weighted by molar-refractivity contribution is 5.96. The number of rotatable bonds is 4. The number of benzene rings is 2. The van der Waals surface area contributed by atoms with Gasteiger partial charge in [0.15, 0.2) is 0 Å². The summed E-state index contributed by atoms with van der Waals surface area (Å²) in [4.78, 5) is 29.2. The van der Waals surface area contributed by atoms with Crippen molar-refractivity contribution in [3.05, 3.63) is 65.0 Å². The number of carbonyl (C=O) groups excluding carboxylic acids is 2. The Hall–Kier alpha value is -2.69. The molecule has 0 aromatic heterocycles. The second-order valence-electron chi connectivity index (χ2n) is 8.10. The van der Waals surface area contributed by atoms with E-state index in [1.165, 1.54) is 24.6 Å². The Bertz CT molecular complexity index is 870. The summed E-state index contributed by atoms with van der Waals surface area (Å²) in [6.45, 7) is 4.40. The van der Waals surface area contributed by atoms with Gasteiger partial charge in [0.2, 0.25) is 0 Å². The van der Waals surface area contributed by atoms with Crippen molar-refractivity contribution in [1.29, 1.82) is 0 Å². The topological polar surface area (TPSA) is 40.6 Å². The molecule has 2 atom stereocenters. The molecule has 0 N–H and O–H groups in total. The van der Waals surface area contributed by atoms with Crippen LogP contribution >= 0.6 is 0 Å². The largest absolute Gasteiger partial charge is 0.372 e. The molecule has 1 amide bonds. The molecule has 4 nitrogen and oxygen atoms in total. The molecule has 0 spiro atoms. The highest BCUT2D eigenvalue weighted by Crippen LogP contribution is 2.37. The lowest BCUT2D eigenvalue weighted by Gasteiger charge is -2.40. The van der Waals surface area contributed by atoms with E-state index < -0.39 is 5.82 Å². The second kappa shape index (κ2) is 8.36. The van der Waals surface area contributed by atoms with Gasteiger partial charge in [-0.05, 0) is 61.9 Å². The van der Waals surface area contributed by atoms with Crippen molar-refractivity contribution in [2.75, 3.05) is 24.5 Å². The van der Waals surface area contributed by atoms with Crippen LogP contribution in [0.15, 0.2) is 42.5 Å². The van der Waals surface area contributed by atoms with Crippen molar-refractivity contribution in [2.24, 2.45) is 5.92 Å². The Morgan fingerprint density at radius 3 is 2.41 bits per heavy atom. The Labute approximate surface area is 171 Å². The van der Waals surface area contributed by atoms with Crippen molar-refractivity contribution < 1.29 is 14.0 Å². The third-order valence-electron chi connectivity index (χ3n) is 6.26. The Morgan fingerprint density at radius 2 is 1.76 bits per heavy atom. The van der Waals surface area contributed by atoms with Gasteiger partial charge in [0.1, 0.15) is 12.1 Å². The smallest absolute Gasteiger partial charge is 0.257 e. The van der Waals surface area contributed by atoms with E-state index in [2.05, 4.69) is 17.0 Å². The van der Waals surface area contributed by atoms with Crippen LogP contribution in [0.4, 0.5) is 10.1 Å². The maximum atomic E-state index is 14.5. The van der Waals surface area contributed by atoms with E-state index in [1.54, 1.807) is 24.0 Å². The number of amides is 1. The van der Waals surface area contributed by atoms with Crippen LogP contribution in [-0.4, -0.2) is 36.7 Å². The number of aldehydes is 1.